The fourth-order valence-corrected chi connectivity index (χ4v) is 5.82. The molecule has 0 heterocycles. The molecular weight excluding hydrogens is 709 g/mol. The quantitative estimate of drug-likeness (QED) is 0.279. The van der Waals surface area contributed by atoms with E-state index in [0.29, 0.717) is 24.3 Å². The summed E-state index contributed by atoms with van der Waals surface area (Å²) < 4.78 is 196. The van der Waals surface area contributed by atoms with Gasteiger partial charge in [0.2, 0.25) is 0 Å². The molecule has 0 saturated carbocycles. The van der Waals surface area contributed by atoms with E-state index in [9.17, 15) is 70.3 Å². The van der Waals surface area contributed by atoms with Crippen LogP contribution in [0.15, 0.2) is 46.9 Å². The smallest absolute Gasteiger partial charge is 0.349 e. The maximum absolute atomic E-state index is 14.9. The van der Waals surface area contributed by atoms with Gasteiger partial charge in [-0.3, -0.25) is 4.79 Å². The molecule has 0 bridgehead atoms. The zero-order valence-corrected chi connectivity index (χ0v) is 23.4. The molecule has 2 atom stereocenters. The maximum atomic E-state index is 14.9. The number of allylic oxidation sites excluding steroid dienone is 1. The van der Waals surface area contributed by atoms with E-state index in [0.717, 1.165) is 6.92 Å². The first kappa shape index (κ1) is 36.4. The summed E-state index contributed by atoms with van der Waals surface area (Å²) in [7, 11) is -4.85. The summed E-state index contributed by atoms with van der Waals surface area (Å²) in [5.41, 5.74) is -6.52. The van der Waals surface area contributed by atoms with Crippen molar-refractivity contribution in [1.82, 2.24) is 5.32 Å². The molecule has 4 nitrogen and oxygen atoms in total. The number of benzene rings is 2. The van der Waals surface area contributed by atoms with Gasteiger partial charge >= 0.3 is 24.7 Å². The molecule has 0 aromatic heterocycles. The fraction of sp³-hybridized carbons (Fsp3) is 0.375. The van der Waals surface area contributed by atoms with Crippen molar-refractivity contribution >= 4 is 37.5 Å². The molecule has 0 saturated heterocycles. The van der Waals surface area contributed by atoms with Crippen molar-refractivity contribution in [3.8, 4) is 0 Å². The number of sulfone groups is 1. The number of rotatable bonds is 8. The van der Waals surface area contributed by atoms with Crippen molar-refractivity contribution < 1.29 is 70.3 Å². The Hall–Kier alpha value is -2.83. The van der Waals surface area contributed by atoms with Crippen LogP contribution in [0.2, 0.25) is 0 Å². The monoisotopic (exact) mass is 725 g/mol. The minimum absolute atomic E-state index is 0.0398. The molecule has 43 heavy (non-hydrogen) atoms. The lowest BCUT2D eigenvalue weighted by molar-refractivity contribution is -0.140. The van der Waals surface area contributed by atoms with Gasteiger partial charge in [0, 0.05) is 16.1 Å². The van der Waals surface area contributed by atoms with Crippen LogP contribution in [0, 0.1) is 0 Å². The van der Waals surface area contributed by atoms with Crippen molar-refractivity contribution in [1.29, 1.82) is 0 Å². The van der Waals surface area contributed by atoms with Gasteiger partial charge in [-0.25, -0.2) is 12.8 Å². The zero-order valence-electron chi connectivity index (χ0n) is 21.0. The highest BCUT2D eigenvalue weighted by atomic mass is 79.9. The summed E-state index contributed by atoms with van der Waals surface area (Å²) in [5, 5.41) is 1.77. The van der Waals surface area contributed by atoms with Gasteiger partial charge in [0.05, 0.1) is 22.4 Å². The second-order valence-corrected chi connectivity index (χ2v) is 12.0. The van der Waals surface area contributed by atoms with Crippen LogP contribution in [0.25, 0.3) is 5.83 Å². The Balaban J connectivity index is 2.47. The molecule has 240 valence electrons. The molecule has 0 aliphatic carbocycles. The van der Waals surface area contributed by atoms with Crippen molar-refractivity contribution in [2.24, 2.45) is 0 Å². The maximum Gasteiger partial charge on any atom is 0.417 e. The molecule has 1 amide bonds. The van der Waals surface area contributed by atoms with Crippen LogP contribution >= 0.6 is 15.9 Å². The summed E-state index contributed by atoms with van der Waals surface area (Å²) in [6.07, 6.45) is -21.0. The van der Waals surface area contributed by atoms with Crippen molar-refractivity contribution in [3.05, 3.63) is 74.8 Å². The Morgan fingerprint density at radius 3 is 1.91 bits per heavy atom. The van der Waals surface area contributed by atoms with Crippen LogP contribution in [0.4, 0.5) is 57.1 Å². The van der Waals surface area contributed by atoms with Crippen LogP contribution in [-0.4, -0.2) is 44.2 Å². The highest BCUT2D eigenvalue weighted by Gasteiger charge is 2.42. The predicted octanol–water partition coefficient (Wildman–Crippen LogP) is 8.24. The molecule has 0 aliphatic heterocycles. The molecule has 2 unspecified atom stereocenters. The van der Waals surface area contributed by atoms with Gasteiger partial charge in [0.25, 0.3) is 5.91 Å². The Morgan fingerprint density at radius 2 is 1.44 bits per heavy atom. The van der Waals surface area contributed by atoms with Gasteiger partial charge < -0.3 is 5.32 Å². The zero-order chi connectivity index (χ0) is 33.3. The lowest BCUT2D eigenvalue weighted by atomic mass is 9.94. The van der Waals surface area contributed by atoms with Gasteiger partial charge in [-0.15, -0.1) is 0 Å². The fourth-order valence-electron chi connectivity index (χ4n) is 3.73. The van der Waals surface area contributed by atoms with Crippen LogP contribution < -0.4 is 5.32 Å². The number of carbonyl (C=O) groups excluding carboxylic acids is 1. The van der Waals surface area contributed by atoms with E-state index in [1.54, 1.807) is 5.32 Å². The van der Waals surface area contributed by atoms with Crippen molar-refractivity contribution in [2.75, 3.05) is 11.5 Å². The largest absolute Gasteiger partial charge is 0.417 e. The Kier molecular flexibility index (Phi) is 10.7. The lowest BCUT2D eigenvalue weighted by Crippen LogP contribution is -2.40. The average Bonchev–Trinajstić information content (AvgIpc) is 2.77. The number of carbonyl (C=O) groups is 1. The van der Waals surface area contributed by atoms with E-state index in [2.05, 4.69) is 15.9 Å². The highest BCUT2D eigenvalue weighted by molar-refractivity contribution is 9.10. The van der Waals surface area contributed by atoms with Crippen LogP contribution in [0.3, 0.4) is 0 Å². The van der Waals surface area contributed by atoms with Gasteiger partial charge in [-0.2, -0.15) is 52.7 Å². The van der Waals surface area contributed by atoms with Crippen molar-refractivity contribution in [2.45, 2.75) is 43.6 Å². The Bertz CT molecular complexity index is 1480. The van der Waals surface area contributed by atoms with Gasteiger partial charge in [-0.05, 0) is 42.8 Å². The first-order valence-electron chi connectivity index (χ1n) is 11.3. The molecule has 2 rings (SSSR count). The number of amides is 1. The van der Waals surface area contributed by atoms with E-state index in [-0.39, 0.29) is 18.2 Å². The third-order valence-corrected chi connectivity index (χ3v) is 7.86. The SMILES string of the molecule is CC(CS(=O)(=O)CC(F)(F)F)NC(=O)c1ccc(/C(F)=C/C(c2ccc(C(F)(F)F)c(Br)c2)C(F)(F)F)cc1C(F)(F)F. The molecule has 1 N–H and O–H groups in total. The van der Waals surface area contributed by atoms with Gasteiger partial charge in [-0.1, -0.05) is 28.1 Å². The van der Waals surface area contributed by atoms with E-state index in [1.165, 1.54) is 0 Å². The number of hydrogen-bond acceptors (Lipinski definition) is 3. The van der Waals surface area contributed by atoms with Gasteiger partial charge in [0.1, 0.15) is 17.5 Å². The summed E-state index contributed by atoms with van der Waals surface area (Å²) in [4.78, 5) is 12.4. The minimum atomic E-state index is -5.43. The molecule has 0 radical (unpaired) electrons. The minimum Gasteiger partial charge on any atom is -0.349 e. The summed E-state index contributed by atoms with van der Waals surface area (Å²) in [5.74, 6) is -10.0. The first-order chi connectivity index (χ1) is 19.2. The molecule has 0 aliphatic rings. The number of halogens is 14. The third kappa shape index (κ3) is 10.4. The van der Waals surface area contributed by atoms with Crippen LogP contribution in [0.1, 0.15) is 45.5 Å². The predicted molar refractivity (Wildman–Crippen MR) is 130 cm³/mol. The second kappa shape index (κ2) is 12.6. The Labute approximate surface area is 243 Å². The number of alkyl halides is 12. The lowest BCUT2D eigenvalue weighted by Gasteiger charge is -2.20. The van der Waals surface area contributed by atoms with Crippen LogP contribution in [0.5, 0.6) is 0 Å². The van der Waals surface area contributed by atoms with Gasteiger partial charge in [0.15, 0.2) is 9.84 Å². The normalized spacial score (nSPS) is 15.3. The molecular formula is C24H17BrF13NO3S. The van der Waals surface area contributed by atoms with Crippen molar-refractivity contribution in [3.63, 3.8) is 0 Å². The van der Waals surface area contributed by atoms with E-state index in [4.69, 9.17) is 0 Å². The average molecular weight is 726 g/mol. The van der Waals surface area contributed by atoms with E-state index >= 15 is 0 Å². The number of nitrogens with one attached hydrogen (secondary N) is 1. The van der Waals surface area contributed by atoms with E-state index < -0.39 is 102 Å². The topological polar surface area (TPSA) is 63.2 Å². The molecule has 0 fully saturated rings. The second-order valence-electron chi connectivity index (χ2n) is 9.07. The van der Waals surface area contributed by atoms with Crippen LogP contribution in [-0.2, 0) is 22.2 Å². The highest BCUT2D eigenvalue weighted by Crippen LogP contribution is 2.42. The third-order valence-electron chi connectivity index (χ3n) is 5.43. The molecule has 2 aromatic carbocycles. The summed E-state index contributed by atoms with van der Waals surface area (Å²) in [6.45, 7) is 0.882. The summed E-state index contributed by atoms with van der Waals surface area (Å²) in [6, 6.07) is 0.242. The molecule has 19 heteroatoms. The molecule has 2 aromatic rings. The number of hydrogen-bond donors (Lipinski definition) is 1. The summed E-state index contributed by atoms with van der Waals surface area (Å²) >= 11 is 2.48. The standard InChI is InChI=1S/C24H17BrF13NO3S/c1-11(9-43(41,42)10-21(27,28)29)39-20(40)14-4-2-13(6-17(14)24(36,37)38)19(26)8-16(23(33,34)35)12-3-5-15(18(25)7-12)22(30,31)32/h2-8,11,16H,9-10H2,1H3,(H,39,40)/b19-8-. The first-order valence-corrected chi connectivity index (χ1v) is 13.9. The Morgan fingerprint density at radius 1 is 0.884 bits per heavy atom. The molecule has 0 spiro atoms. The van der Waals surface area contributed by atoms with E-state index in [1.807, 2.05) is 0 Å².